The van der Waals surface area contributed by atoms with Crippen molar-refractivity contribution in [3.8, 4) is 5.75 Å². The molecule has 1 aromatic rings. The Labute approximate surface area is 148 Å². The molecule has 9 nitrogen and oxygen atoms in total. The number of fused-ring (bicyclic) bond motifs is 1. The Kier molecular flexibility index (Phi) is 4.84. The number of aliphatic hydroxyl groups is 4. The lowest BCUT2D eigenvalue weighted by molar-refractivity contribution is -0.418. The number of benzene rings is 1. The van der Waals surface area contributed by atoms with Gasteiger partial charge in [-0.15, -0.1) is 0 Å². The van der Waals surface area contributed by atoms with Gasteiger partial charge in [0.2, 0.25) is 6.29 Å². The van der Waals surface area contributed by atoms with E-state index in [1.807, 2.05) is 24.3 Å². The first-order valence-corrected chi connectivity index (χ1v) is 8.32. The molecule has 3 aliphatic rings. The molecule has 4 rings (SSSR count). The van der Waals surface area contributed by atoms with Crippen LogP contribution in [0.5, 0.6) is 5.75 Å². The van der Waals surface area contributed by atoms with Crippen molar-refractivity contribution >= 4 is 0 Å². The average molecular weight is 368 g/mol. The molecule has 142 valence electrons. The molecule has 2 fully saturated rings. The highest BCUT2D eigenvalue weighted by Gasteiger charge is 2.46. The van der Waals surface area contributed by atoms with Gasteiger partial charge in [0.05, 0.1) is 6.61 Å². The third-order valence-electron chi connectivity index (χ3n) is 4.62. The van der Waals surface area contributed by atoms with Gasteiger partial charge in [0.1, 0.15) is 42.5 Å². The molecule has 0 amide bonds. The van der Waals surface area contributed by atoms with Gasteiger partial charge in [0, 0.05) is 12.0 Å². The first kappa shape index (κ1) is 17.7. The van der Waals surface area contributed by atoms with Crippen molar-refractivity contribution in [2.45, 2.75) is 43.2 Å². The van der Waals surface area contributed by atoms with E-state index in [2.05, 4.69) is 0 Å². The Bertz CT molecular complexity index is 685. The zero-order valence-electron chi connectivity index (χ0n) is 13.7. The van der Waals surface area contributed by atoms with Crippen LogP contribution in [0.3, 0.4) is 0 Å². The summed E-state index contributed by atoms with van der Waals surface area (Å²) in [7, 11) is 0. The third-order valence-corrected chi connectivity index (χ3v) is 4.62. The molecule has 0 saturated carbocycles. The van der Waals surface area contributed by atoms with E-state index in [1.54, 1.807) is 0 Å². The van der Waals surface area contributed by atoms with Crippen molar-refractivity contribution in [2.24, 2.45) is 0 Å². The lowest BCUT2D eigenvalue weighted by atomic mass is 9.99. The van der Waals surface area contributed by atoms with Crippen LogP contribution in [0.1, 0.15) is 5.56 Å². The third kappa shape index (κ3) is 3.08. The zero-order valence-corrected chi connectivity index (χ0v) is 13.7. The number of rotatable bonds is 4. The summed E-state index contributed by atoms with van der Waals surface area (Å²) in [5, 5.41) is 39.3. The Hall–Kier alpha value is -1.72. The maximum Gasteiger partial charge on any atom is 0.228 e. The van der Waals surface area contributed by atoms with Crippen LogP contribution in [0.2, 0.25) is 0 Å². The minimum absolute atomic E-state index is 0.291. The number of para-hydroxylation sites is 1. The molecule has 0 aliphatic carbocycles. The second-order valence-corrected chi connectivity index (χ2v) is 6.36. The van der Waals surface area contributed by atoms with E-state index in [0.717, 1.165) is 5.56 Å². The van der Waals surface area contributed by atoms with Crippen LogP contribution in [0.4, 0.5) is 0 Å². The van der Waals surface area contributed by atoms with Gasteiger partial charge in [-0.3, -0.25) is 0 Å². The molecule has 26 heavy (non-hydrogen) atoms. The van der Waals surface area contributed by atoms with Crippen LogP contribution in [-0.2, 0) is 25.7 Å². The molecule has 1 aromatic carbocycles. The quantitative estimate of drug-likeness (QED) is 0.494. The van der Waals surface area contributed by atoms with Crippen molar-refractivity contribution in [1.82, 2.24) is 0 Å². The lowest BCUT2D eigenvalue weighted by Gasteiger charge is -2.41. The summed E-state index contributed by atoms with van der Waals surface area (Å²) < 4.78 is 17.1. The number of allylic oxidation sites excluding steroid dienone is 1. The summed E-state index contributed by atoms with van der Waals surface area (Å²) in [5.41, 5.74) is 0.871. The molecule has 2 saturated heterocycles. The van der Waals surface area contributed by atoms with Crippen LogP contribution in [0, 0.1) is 0 Å². The van der Waals surface area contributed by atoms with Crippen molar-refractivity contribution in [1.29, 1.82) is 0 Å². The largest absolute Gasteiger partial charge is 0.462 e. The van der Waals surface area contributed by atoms with E-state index in [9.17, 15) is 20.4 Å². The molecule has 0 aromatic heterocycles. The molecule has 0 spiro atoms. The molecule has 0 radical (unpaired) electrons. The van der Waals surface area contributed by atoms with Gasteiger partial charge >= 0.3 is 0 Å². The molecule has 4 N–H and O–H groups in total. The van der Waals surface area contributed by atoms with Crippen molar-refractivity contribution in [2.75, 3.05) is 13.2 Å². The van der Waals surface area contributed by atoms with Gasteiger partial charge in [0.25, 0.3) is 0 Å². The first-order valence-electron chi connectivity index (χ1n) is 8.32. The van der Waals surface area contributed by atoms with Gasteiger partial charge in [0.15, 0.2) is 11.9 Å². The lowest BCUT2D eigenvalue weighted by Crippen LogP contribution is -2.59. The van der Waals surface area contributed by atoms with Gasteiger partial charge in [-0.25, -0.2) is 9.78 Å². The zero-order chi connectivity index (χ0) is 18.3. The molecular formula is C17H20O9. The van der Waals surface area contributed by atoms with Crippen LogP contribution in [0.25, 0.3) is 0 Å². The summed E-state index contributed by atoms with van der Waals surface area (Å²) in [4.78, 5) is 9.76. The van der Waals surface area contributed by atoms with Gasteiger partial charge < -0.3 is 34.6 Å². The Morgan fingerprint density at radius 3 is 2.54 bits per heavy atom. The summed E-state index contributed by atoms with van der Waals surface area (Å²) in [6.07, 6.45) is -6.90. The fraction of sp³-hybridized carbons (Fsp3) is 0.529. The maximum absolute atomic E-state index is 10.2. The molecule has 6 atom stereocenters. The number of ether oxygens (including phenoxy) is 3. The SMILES string of the molecule is OC[C@H]1O[C@@H](OC2=C(C3COO3)Oc3ccccc3C2)[C@H](O)[C@@H](O)[C@H]1O. The normalized spacial score (nSPS) is 36.8. The molecule has 9 heteroatoms. The summed E-state index contributed by atoms with van der Waals surface area (Å²) in [6.45, 7) is -0.241. The number of aliphatic hydroxyl groups excluding tert-OH is 4. The highest BCUT2D eigenvalue weighted by molar-refractivity contribution is 5.41. The summed E-state index contributed by atoms with van der Waals surface area (Å²) >= 11 is 0. The van der Waals surface area contributed by atoms with Crippen LogP contribution in [0.15, 0.2) is 35.8 Å². The average Bonchev–Trinajstić information content (AvgIpc) is 2.61. The topological polar surface area (TPSA) is 127 Å². The Morgan fingerprint density at radius 2 is 1.85 bits per heavy atom. The van der Waals surface area contributed by atoms with E-state index in [-0.39, 0.29) is 0 Å². The fourth-order valence-corrected chi connectivity index (χ4v) is 3.09. The van der Waals surface area contributed by atoms with Gasteiger partial charge in [-0.2, -0.15) is 0 Å². The van der Waals surface area contributed by atoms with E-state index >= 15 is 0 Å². The van der Waals surface area contributed by atoms with E-state index in [0.29, 0.717) is 30.3 Å². The monoisotopic (exact) mass is 368 g/mol. The van der Waals surface area contributed by atoms with Crippen LogP contribution in [-0.4, -0.2) is 70.4 Å². The number of hydrogen-bond acceptors (Lipinski definition) is 9. The highest BCUT2D eigenvalue weighted by atomic mass is 17.2. The van der Waals surface area contributed by atoms with Crippen molar-refractivity contribution in [3.63, 3.8) is 0 Å². The predicted molar refractivity (Wildman–Crippen MR) is 83.5 cm³/mol. The Morgan fingerprint density at radius 1 is 1.08 bits per heavy atom. The minimum Gasteiger partial charge on any atom is -0.462 e. The Balaban J connectivity index is 1.59. The van der Waals surface area contributed by atoms with E-state index < -0.39 is 43.4 Å². The number of hydrogen-bond donors (Lipinski definition) is 4. The molecule has 3 aliphatic heterocycles. The van der Waals surface area contributed by atoms with Gasteiger partial charge in [-0.1, -0.05) is 18.2 Å². The maximum atomic E-state index is 10.2. The molecule has 3 heterocycles. The second kappa shape index (κ2) is 7.12. The molecule has 0 bridgehead atoms. The van der Waals surface area contributed by atoms with E-state index in [4.69, 9.17) is 24.0 Å². The standard InChI is InChI=1S/C17H20O9/c18-6-11-13(19)14(20)15(21)17(25-11)24-10-5-8-3-1-2-4-9(8)23-16(10)12-7-22-26-12/h1-4,11-15,17-21H,5-7H2/t11-,12?,13+,14+,15-,17-/m1/s1. The highest BCUT2D eigenvalue weighted by Crippen LogP contribution is 2.36. The van der Waals surface area contributed by atoms with Crippen LogP contribution < -0.4 is 4.74 Å². The van der Waals surface area contributed by atoms with Crippen molar-refractivity contribution in [3.05, 3.63) is 41.3 Å². The van der Waals surface area contributed by atoms with Crippen molar-refractivity contribution < 1.29 is 44.4 Å². The smallest absolute Gasteiger partial charge is 0.228 e. The fourth-order valence-electron chi connectivity index (χ4n) is 3.09. The summed E-state index contributed by atoms with van der Waals surface area (Å²) in [6, 6.07) is 7.40. The van der Waals surface area contributed by atoms with Gasteiger partial charge in [-0.05, 0) is 6.07 Å². The summed E-state index contributed by atoms with van der Waals surface area (Å²) in [5.74, 6) is 1.42. The second-order valence-electron chi connectivity index (χ2n) is 6.36. The molecule has 1 unspecified atom stereocenters. The first-order chi connectivity index (χ1) is 12.6. The van der Waals surface area contributed by atoms with Crippen LogP contribution >= 0.6 is 0 Å². The predicted octanol–water partition coefficient (Wildman–Crippen LogP) is -1.02. The van der Waals surface area contributed by atoms with E-state index in [1.165, 1.54) is 0 Å². The minimum atomic E-state index is -1.52. The molecular weight excluding hydrogens is 348 g/mol.